The van der Waals surface area contributed by atoms with Crippen LogP contribution < -0.4 is 5.32 Å². The van der Waals surface area contributed by atoms with Gasteiger partial charge in [-0.1, -0.05) is 38.5 Å². The van der Waals surface area contributed by atoms with Gasteiger partial charge in [-0.3, -0.25) is 14.9 Å². The second-order valence-electron chi connectivity index (χ2n) is 7.15. The van der Waals surface area contributed by atoms with E-state index in [9.17, 15) is 19.5 Å². The van der Waals surface area contributed by atoms with Crippen molar-refractivity contribution in [1.82, 2.24) is 10.3 Å². The number of amides is 3. The predicted octanol–water partition coefficient (Wildman–Crippen LogP) is 2.26. The molecule has 2 fully saturated rings. The number of rotatable bonds is 10. The molecule has 2 unspecified atom stereocenters. The van der Waals surface area contributed by atoms with E-state index in [1.54, 1.807) is 0 Å². The highest BCUT2D eigenvalue weighted by atomic mass is 16.4. The molecule has 1 saturated carbocycles. The molecule has 8 heteroatoms. The number of nitrogens with one attached hydrogen (secondary N) is 1. The quantitative estimate of drug-likeness (QED) is 0.311. The van der Waals surface area contributed by atoms with Crippen LogP contribution in [0.25, 0.3) is 0 Å². The third-order valence-electron chi connectivity index (χ3n) is 5.13. The van der Waals surface area contributed by atoms with E-state index in [-0.39, 0.29) is 18.2 Å². The smallest absolute Gasteiger partial charge is 0.345 e. The van der Waals surface area contributed by atoms with Crippen LogP contribution in [0.1, 0.15) is 70.6 Å². The van der Waals surface area contributed by atoms with Crippen molar-refractivity contribution in [3.63, 3.8) is 0 Å². The van der Waals surface area contributed by atoms with Gasteiger partial charge < -0.3 is 10.2 Å². The van der Waals surface area contributed by atoms with Crippen LogP contribution in [0.4, 0.5) is 4.79 Å². The molecule has 2 aliphatic rings. The van der Waals surface area contributed by atoms with E-state index in [4.69, 9.17) is 5.11 Å². The van der Waals surface area contributed by atoms with E-state index in [0.717, 1.165) is 43.5 Å². The molecule has 0 radical (unpaired) electrons. The molecule has 8 nitrogen and oxygen atoms in total. The molecule has 2 rings (SSSR count). The van der Waals surface area contributed by atoms with E-state index < -0.39 is 24.1 Å². The Morgan fingerprint density at radius 2 is 1.88 bits per heavy atom. The molecule has 0 bridgehead atoms. The maximum atomic E-state index is 12.0. The van der Waals surface area contributed by atoms with Gasteiger partial charge in [0, 0.05) is 6.42 Å². The fraction of sp³-hybridized carbons (Fsp3) is 0.778. The van der Waals surface area contributed by atoms with Crippen molar-refractivity contribution in [1.29, 1.82) is 0 Å². The number of hydrogen-bond donors (Lipinski definition) is 3. The minimum Gasteiger partial charge on any atom is -0.481 e. The molecule has 1 saturated heterocycles. The van der Waals surface area contributed by atoms with Gasteiger partial charge in [0.15, 0.2) is 0 Å². The number of aliphatic carboxylic acids is 1. The SMILES string of the molecule is O=C(O)CCCCCCC1C(=O)NC(=O)N1/N=C/C(O)C1CCCCC1. The second-order valence-corrected chi connectivity index (χ2v) is 7.15. The third-order valence-corrected chi connectivity index (χ3v) is 5.13. The van der Waals surface area contributed by atoms with E-state index in [1.807, 2.05) is 0 Å². The Kier molecular flexibility index (Phi) is 8.03. The van der Waals surface area contributed by atoms with Crippen LogP contribution in [-0.4, -0.2) is 51.5 Å². The van der Waals surface area contributed by atoms with Crippen molar-refractivity contribution in [2.24, 2.45) is 11.0 Å². The topological polar surface area (TPSA) is 119 Å². The van der Waals surface area contributed by atoms with Crippen LogP contribution in [0, 0.1) is 5.92 Å². The Morgan fingerprint density at radius 1 is 1.19 bits per heavy atom. The molecular weight excluding hydrogens is 338 g/mol. The largest absolute Gasteiger partial charge is 0.481 e. The Hall–Kier alpha value is -1.96. The van der Waals surface area contributed by atoms with Gasteiger partial charge >= 0.3 is 12.0 Å². The Morgan fingerprint density at radius 3 is 2.58 bits per heavy atom. The van der Waals surface area contributed by atoms with Crippen LogP contribution >= 0.6 is 0 Å². The zero-order valence-electron chi connectivity index (χ0n) is 15.1. The van der Waals surface area contributed by atoms with Gasteiger partial charge in [-0.2, -0.15) is 5.10 Å². The second kappa shape index (κ2) is 10.3. The summed E-state index contributed by atoms with van der Waals surface area (Å²) in [5, 5.41) is 26.3. The lowest BCUT2D eigenvalue weighted by molar-refractivity contribution is -0.137. The fourth-order valence-electron chi connectivity index (χ4n) is 3.59. The Labute approximate surface area is 153 Å². The number of imide groups is 1. The van der Waals surface area contributed by atoms with Crippen molar-refractivity contribution in [2.45, 2.75) is 82.8 Å². The lowest BCUT2D eigenvalue weighted by Gasteiger charge is -2.24. The van der Waals surface area contributed by atoms with Crippen LogP contribution in [0.2, 0.25) is 0 Å². The van der Waals surface area contributed by atoms with Gasteiger partial charge in [0.1, 0.15) is 6.04 Å². The van der Waals surface area contributed by atoms with Gasteiger partial charge in [-0.15, -0.1) is 0 Å². The maximum Gasteiger partial charge on any atom is 0.345 e. The number of aliphatic hydroxyl groups excluding tert-OH is 1. The molecule has 1 aliphatic heterocycles. The number of aliphatic hydroxyl groups is 1. The standard InChI is InChI=1S/C18H29N3O5/c22-15(13-8-4-3-5-9-13)12-19-21-14(17(25)20-18(21)26)10-6-1-2-7-11-16(23)24/h12-15,22H,1-11H2,(H,23,24)(H,20,25,26)/b19-12+. The van der Waals surface area contributed by atoms with E-state index in [2.05, 4.69) is 10.4 Å². The van der Waals surface area contributed by atoms with Crippen molar-refractivity contribution in [2.75, 3.05) is 0 Å². The molecule has 1 heterocycles. The minimum absolute atomic E-state index is 0.151. The molecule has 26 heavy (non-hydrogen) atoms. The molecule has 0 spiro atoms. The predicted molar refractivity (Wildman–Crippen MR) is 95.6 cm³/mol. The van der Waals surface area contributed by atoms with Crippen LogP contribution in [0.15, 0.2) is 5.10 Å². The highest BCUT2D eigenvalue weighted by Crippen LogP contribution is 2.26. The summed E-state index contributed by atoms with van der Waals surface area (Å²) in [5.74, 6) is -1.01. The van der Waals surface area contributed by atoms with E-state index in [1.165, 1.54) is 12.6 Å². The lowest BCUT2D eigenvalue weighted by atomic mass is 9.86. The molecule has 0 aromatic carbocycles. The summed E-state index contributed by atoms with van der Waals surface area (Å²) in [6.45, 7) is 0. The number of hydrazone groups is 1. The highest BCUT2D eigenvalue weighted by molar-refractivity contribution is 6.04. The number of urea groups is 1. The monoisotopic (exact) mass is 367 g/mol. The average molecular weight is 367 g/mol. The first-order valence-electron chi connectivity index (χ1n) is 9.57. The zero-order valence-corrected chi connectivity index (χ0v) is 15.1. The Bertz CT molecular complexity index is 531. The lowest BCUT2D eigenvalue weighted by Crippen LogP contribution is -2.32. The van der Waals surface area contributed by atoms with Crippen molar-refractivity contribution in [3.05, 3.63) is 0 Å². The first kappa shape index (κ1) is 20.4. The summed E-state index contributed by atoms with van der Waals surface area (Å²) in [6, 6.07) is -1.21. The van der Waals surface area contributed by atoms with Crippen molar-refractivity contribution >= 4 is 24.1 Å². The van der Waals surface area contributed by atoms with Crippen LogP contribution in [-0.2, 0) is 9.59 Å². The number of nitrogens with zero attached hydrogens (tertiary/aromatic N) is 2. The van der Waals surface area contributed by atoms with Crippen molar-refractivity contribution in [3.8, 4) is 0 Å². The van der Waals surface area contributed by atoms with E-state index >= 15 is 0 Å². The van der Waals surface area contributed by atoms with Gasteiger partial charge in [-0.25, -0.2) is 9.80 Å². The number of hydrogen-bond acceptors (Lipinski definition) is 5. The van der Waals surface area contributed by atoms with E-state index in [0.29, 0.717) is 19.3 Å². The van der Waals surface area contributed by atoms with Crippen molar-refractivity contribution < 1.29 is 24.6 Å². The third kappa shape index (κ3) is 6.09. The minimum atomic E-state index is -0.803. The van der Waals surface area contributed by atoms with Crippen LogP contribution in [0.3, 0.4) is 0 Å². The van der Waals surface area contributed by atoms with Gasteiger partial charge in [0.25, 0.3) is 5.91 Å². The number of carboxylic acids is 1. The summed E-state index contributed by atoms with van der Waals surface area (Å²) in [5.41, 5.74) is 0. The Balaban J connectivity index is 1.80. The van der Waals surface area contributed by atoms with Gasteiger partial charge in [-0.05, 0) is 31.6 Å². The normalized spacial score (nSPS) is 22.8. The summed E-state index contributed by atoms with van der Waals surface area (Å²) in [4.78, 5) is 34.4. The molecule has 3 N–H and O–H groups in total. The molecule has 3 amide bonds. The van der Waals surface area contributed by atoms with Gasteiger partial charge in [0.05, 0.1) is 12.3 Å². The summed E-state index contributed by atoms with van der Waals surface area (Å²) >= 11 is 0. The molecule has 1 aliphatic carbocycles. The zero-order chi connectivity index (χ0) is 18.9. The molecule has 2 atom stereocenters. The number of carbonyl (C=O) groups is 3. The highest BCUT2D eigenvalue weighted by Gasteiger charge is 2.38. The van der Waals surface area contributed by atoms with Gasteiger partial charge in [0.2, 0.25) is 0 Å². The maximum absolute atomic E-state index is 12.0. The first-order valence-corrected chi connectivity index (χ1v) is 9.57. The number of carboxylic acid groups (broad SMARTS) is 1. The molecule has 0 aromatic rings. The molecule has 146 valence electrons. The fourth-order valence-corrected chi connectivity index (χ4v) is 3.59. The number of carbonyl (C=O) groups excluding carboxylic acids is 2. The summed E-state index contributed by atoms with van der Waals surface area (Å²) in [6.07, 6.45) is 9.51. The average Bonchev–Trinajstić information content (AvgIpc) is 2.89. The summed E-state index contributed by atoms with van der Waals surface area (Å²) in [7, 11) is 0. The first-order chi connectivity index (χ1) is 12.5. The van der Waals surface area contributed by atoms with Crippen LogP contribution in [0.5, 0.6) is 0 Å². The summed E-state index contributed by atoms with van der Waals surface area (Å²) < 4.78 is 0. The molecular formula is C18H29N3O5. The number of unbranched alkanes of at least 4 members (excludes halogenated alkanes) is 3. The molecule has 0 aromatic heterocycles.